The van der Waals surface area contributed by atoms with Crippen LogP contribution in [0.4, 0.5) is 20.7 Å². The topological polar surface area (TPSA) is 78.5 Å². The average molecular weight is 432 g/mol. The zero-order chi connectivity index (χ0) is 21.3. The summed E-state index contributed by atoms with van der Waals surface area (Å²) < 4.78 is 18.1. The summed E-state index contributed by atoms with van der Waals surface area (Å²) in [5.74, 6) is 0.355. The Morgan fingerprint density at radius 3 is 2.70 bits per heavy atom. The van der Waals surface area contributed by atoms with Crippen LogP contribution < -0.4 is 16.0 Å². The Bertz CT molecular complexity index is 857. The van der Waals surface area contributed by atoms with E-state index >= 15 is 0 Å². The molecule has 0 spiro atoms. The van der Waals surface area contributed by atoms with Crippen molar-refractivity contribution in [3.63, 3.8) is 0 Å². The van der Waals surface area contributed by atoms with Gasteiger partial charge >= 0.3 is 6.09 Å². The van der Waals surface area contributed by atoms with Gasteiger partial charge in [0.2, 0.25) is 0 Å². The van der Waals surface area contributed by atoms with Gasteiger partial charge in [-0.1, -0.05) is 12.1 Å². The van der Waals surface area contributed by atoms with Crippen LogP contribution in [0.15, 0.2) is 42.6 Å². The Morgan fingerprint density at radius 1 is 1.27 bits per heavy atom. The summed E-state index contributed by atoms with van der Waals surface area (Å²) in [4.78, 5) is 17.9. The lowest BCUT2D eigenvalue weighted by atomic mass is 10.1. The monoisotopic (exact) mass is 431 g/mol. The van der Waals surface area contributed by atoms with Gasteiger partial charge in [0.05, 0.1) is 12.3 Å². The van der Waals surface area contributed by atoms with E-state index in [1.807, 2.05) is 12.1 Å². The fourth-order valence-electron chi connectivity index (χ4n) is 3.20. The van der Waals surface area contributed by atoms with E-state index in [4.69, 9.17) is 17.0 Å². The summed E-state index contributed by atoms with van der Waals surface area (Å²) in [7, 11) is 0. The van der Waals surface area contributed by atoms with Crippen molar-refractivity contribution >= 4 is 34.9 Å². The van der Waals surface area contributed by atoms with E-state index in [2.05, 4.69) is 20.9 Å². The van der Waals surface area contributed by atoms with Gasteiger partial charge in [0, 0.05) is 31.9 Å². The molecule has 2 heterocycles. The van der Waals surface area contributed by atoms with Gasteiger partial charge in [0.25, 0.3) is 0 Å². The predicted molar refractivity (Wildman–Crippen MR) is 119 cm³/mol. The van der Waals surface area contributed by atoms with E-state index in [0.29, 0.717) is 37.2 Å². The summed E-state index contributed by atoms with van der Waals surface area (Å²) in [6.07, 6.45) is 3.00. The number of nitrogens with zero attached hydrogens (tertiary/aromatic N) is 2. The summed E-state index contributed by atoms with van der Waals surface area (Å²) in [6.45, 7) is 3.98. The van der Waals surface area contributed by atoms with Gasteiger partial charge in [-0.2, -0.15) is 0 Å². The van der Waals surface area contributed by atoms with Crippen molar-refractivity contribution in [1.29, 1.82) is 0 Å². The van der Waals surface area contributed by atoms with Crippen LogP contribution in [0.2, 0.25) is 0 Å². The molecule has 3 rings (SSSR count). The summed E-state index contributed by atoms with van der Waals surface area (Å²) in [6, 6.07) is 10.3. The molecule has 1 fully saturated rings. The van der Waals surface area contributed by atoms with Crippen LogP contribution in [0.1, 0.15) is 25.3 Å². The Morgan fingerprint density at radius 2 is 2.00 bits per heavy atom. The number of likely N-dealkylation sites (tertiary alicyclic amines) is 1. The van der Waals surface area contributed by atoms with Gasteiger partial charge in [-0.25, -0.2) is 14.2 Å². The third kappa shape index (κ3) is 6.28. The van der Waals surface area contributed by atoms with E-state index in [0.717, 1.165) is 24.1 Å². The molecule has 0 bridgehead atoms. The third-order valence-corrected chi connectivity index (χ3v) is 5.01. The molecule has 0 aliphatic carbocycles. The van der Waals surface area contributed by atoms with Crippen molar-refractivity contribution in [2.24, 2.45) is 0 Å². The van der Waals surface area contributed by atoms with Crippen molar-refractivity contribution in [1.82, 2.24) is 15.2 Å². The maximum atomic E-state index is 13.1. The molecule has 1 aliphatic heterocycles. The van der Waals surface area contributed by atoms with E-state index in [1.165, 1.54) is 12.1 Å². The maximum absolute atomic E-state index is 13.1. The Labute approximate surface area is 181 Å². The van der Waals surface area contributed by atoms with Gasteiger partial charge in [-0.3, -0.25) is 0 Å². The minimum absolute atomic E-state index is 0.176. The molecule has 1 aliphatic rings. The number of benzene rings is 1. The first-order valence-electron chi connectivity index (χ1n) is 9.97. The van der Waals surface area contributed by atoms with E-state index in [9.17, 15) is 9.18 Å². The number of thiocarbonyl (C=S) groups is 1. The first-order valence-corrected chi connectivity index (χ1v) is 10.4. The fourth-order valence-corrected chi connectivity index (χ4v) is 3.46. The zero-order valence-electron chi connectivity index (χ0n) is 16.9. The lowest BCUT2D eigenvalue weighted by Crippen LogP contribution is -2.47. The summed E-state index contributed by atoms with van der Waals surface area (Å²) in [5, 5.41) is 10.2. The lowest BCUT2D eigenvalue weighted by molar-refractivity contribution is 0.0964. The number of ether oxygens (including phenoxy) is 1. The number of halogens is 1. The average Bonchev–Trinajstić information content (AvgIpc) is 2.75. The minimum Gasteiger partial charge on any atom is -0.450 e. The second kappa shape index (κ2) is 10.7. The molecule has 1 amide bonds. The molecule has 30 heavy (non-hydrogen) atoms. The molecule has 0 radical (unpaired) electrons. The fraction of sp³-hybridized carbons (Fsp3) is 0.381. The van der Waals surface area contributed by atoms with Gasteiger partial charge < -0.3 is 25.6 Å². The van der Waals surface area contributed by atoms with Crippen LogP contribution in [-0.2, 0) is 11.3 Å². The number of aromatic nitrogens is 1. The first kappa shape index (κ1) is 21.8. The number of amides is 1. The SMILES string of the molecule is CCOC(=O)N1CCC(NC(=S)Nc2ncccc2NCc2ccc(F)cc2)CC1. The smallest absolute Gasteiger partial charge is 0.409 e. The maximum Gasteiger partial charge on any atom is 0.409 e. The molecule has 1 saturated heterocycles. The molecular formula is C21H26FN5O2S. The number of rotatable bonds is 6. The normalized spacial score (nSPS) is 14.1. The quantitative estimate of drug-likeness (QED) is 0.602. The molecule has 9 heteroatoms. The number of pyridine rings is 1. The highest BCUT2D eigenvalue weighted by Gasteiger charge is 2.24. The van der Waals surface area contributed by atoms with Crippen LogP contribution in [0.3, 0.4) is 0 Å². The van der Waals surface area contributed by atoms with Gasteiger partial charge in [-0.05, 0) is 61.8 Å². The minimum atomic E-state index is -0.262. The number of piperidine rings is 1. The van der Waals surface area contributed by atoms with E-state index in [-0.39, 0.29) is 18.0 Å². The van der Waals surface area contributed by atoms with Gasteiger partial charge in [0.1, 0.15) is 5.82 Å². The lowest BCUT2D eigenvalue weighted by Gasteiger charge is -2.32. The molecule has 1 aromatic carbocycles. The number of nitrogens with one attached hydrogen (secondary N) is 3. The number of carbonyl (C=O) groups excluding carboxylic acids is 1. The third-order valence-electron chi connectivity index (χ3n) is 4.79. The molecule has 1 aromatic heterocycles. The predicted octanol–water partition coefficient (Wildman–Crippen LogP) is 3.74. The molecule has 0 atom stereocenters. The summed E-state index contributed by atoms with van der Waals surface area (Å²) >= 11 is 5.45. The first-order chi connectivity index (χ1) is 14.5. The molecule has 7 nitrogen and oxygen atoms in total. The Balaban J connectivity index is 1.50. The van der Waals surface area contributed by atoms with Crippen molar-refractivity contribution < 1.29 is 13.9 Å². The van der Waals surface area contributed by atoms with Crippen molar-refractivity contribution in [3.8, 4) is 0 Å². The van der Waals surface area contributed by atoms with Crippen molar-refractivity contribution in [2.75, 3.05) is 30.3 Å². The molecule has 0 unspecified atom stereocenters. The number of carbonyl (C=O) groups is 1. The Kier molecular flexibility index (Phi) is 7.78. The van der Waals surface area contributed by atoms with Crippen LogP contribution in [0.25, 0.3) is 0 Å². The molecule has 0 saturated carbocycles. The molecule has 160 valence electrons. The van der Waals surface area contributed by atoms with Crippen molar-refractivity contribution in [3.05, 3.63) is 54.0 Å². The molecule has 2 aromatic rings. The highest BCUT2D eigenvalue weighted by molar-refractivity contribution is 7.80. The van der Waals surface area contributed by atoms with Crippen molar-refractivity contribution in [2.45, 2.75) is 32.4 Å². The van der Waals surface area contributed by atoms with E-state index < -0.39 is 0 Å². The van der Waals surface area contributed by atoms with Crippen LogP contribution in [-0.4, -0.2) is 46.8 Å². The second-order valence-corrected chi connectivity index (χ2v) is 7.35. The number of anilines is 2. The van der Waals surface area contributed by atoms with Crippen LogP contribution >= 0.6 is 12.2 Å². The zero-order valence-corrected chi connectivity index (χ0v) is 17.7. The highest BCUT2D eigenvalue weighted by Crippen LogP contribution is 2.19. The second-order valence-electron chi connectivity index (χ2n) is 6.94. The standard InChI is InChI=1S/C21H26FN5O2S/c1-2-29-21(28)27-12-9-17(10-13-27)25-20(30)26-19-18(4-3-11-23-19)24-14-15-5-7-16(22)8-6-15/h3-8,11,17,24H,2,9-10,12-14H2,1H3,(H2,23,25,26,30). The molecule has 3 N–H and O–H groups in total. The van der Waals surface area contributed by atoms with Gasteiger partial charge in [0.15, 0.2) is 10.9 Å². The van der Waals surface area contributed by atoms with Crippen LogP contribution in [0.5, 0.6) is 0 Å². The van der Waals surface area contributed by atoms with Crippen LogP contribution in [0, 0.1) is 5.82 Å². The van der Waals surface area contributed by atoms with Gasteiger partial charge in [-0.15, -0.1) is 0 Å². The van der Waals surface area contributed by atoms with E-state index in [1.54, 1.807) is 30.2 Å². The number of hydrogen-bond acceptors (Lipinski definition) is 5. The number of hydrogen-bond donors (Lipinski definition) is 3. The Hall–Kier alpha value is -2.94. The molecular weight excluding hydrogens is 405 g/mol. The summed E-state index contributed by atoms with van der Waals surface area (Å²) in [5.41, 5.74) is 1.75. The highest BCUT2D eigenvalue weighted by atomic mass is 32.1. The largest absolute Gasteiger partial charge is 0.450 e.